The van der Waals surface area contributed by atoms with Crippen LogP contribution in [-0.4, -0.2) is 61.5 Å². The van der Waals surface area contributed by atoms with E-state index in [4.69, 9.17) is 4.74 Å². The monoisotopic (exact) mass is 304 g/mol. The van der Waals surface area contributed by atoms with Gasteiger partial charge in [0, 0.05) is 25.7 Å². The van der Waals surface area contributed by atoms with Gasteiger partial charge < -0.3 is 14.5 Å². The molecule has 1 saturated heterocycles. The highest BCUT2D eigenvalue weighted by atomic mass is 16.5. The predicted molar refractivity (Wildman–Crippen MR) is 84.9 cm³/mol. The lowest BCUT2D eigenvalue weighted by atomic mass is 10.0. The summed E-state index contributed by atoms with van der Waals surface area (Å²) in [6, 6.07) is 7.60. The Hall–Kier alpha value is -1.88. The minimum atomic E-state index is -0.121. The Morgan fingerprint density at radius 1 is 1.27 bits per heavy atom. The minimum absolute atomic E-state index is 0.0286. The zero-order valence-corrected chi connectivity index (χ0v) is 13.5. The highest BCUT2D eigenvalue weighted by molar-refractivity contribution is 5.96. The van der Waals surface area contributed by atoms with Crippen LogP contribution >= 0.6 is 0 Å². The van der Waals surface area contributed by atoms with E-state index in [1.165, 1.54) is 4.90 Å². The predicted octanol–water partition coefficient (Wildman–Crippen LogP) is 1.74. The molecule has 1 heterocycles. The molecule has 0 radical (unpaired) electrons. The Kier molecular flexibility index (Phi) is 5.55. The van der Waals surface area contributed by atoms with Gasteiger partial charge in [-0.05, 0) is 23.6 Å². The molecule has 120 valence electrons. The van der Waals surface area contributed by atoms with Crippen LogP contribution in [0, 0.1) is 0 Å². The van der Waals surface area contributed by atoms with E-state index in [9.17, 15) is 9.59 Å². The average Bonchev–Trinajstić information content (AvgIpc) is 2.54. The van der Waals surface area contributed by atoms with Crippen molar-refractivity contribution in [3.63, 3.8) is 0 Å². The molecular weight excluding hydrogens is 280 g/mol. The number of benzene rings is 1. The van der Waals surface area contributed by atoms with E-state index >= 15 is 0 Å². The molecule has 1 aliphatic heterocycles. The number of morpholine rings is 1. The van der Waals surface area contributed by atoms with Crippen molar-refractivity contribution in [1.29, 1.82) is 0 Å². The first kappa shape index (κ1) is 16.5. The Labute approximate surface area is 131 Å². The van der Waals surface area contributed by atoms with Gasteiger partial charge >= 0.3 is 0 Å². The lowest BCUT2D eigenvalue weighted by Crippen LogP contribution is -2.46. The third-order valence-corrected chi connectivity index (χ3v) is 3.88. The molecule has 1 aromatic carbocycles. The fourth-order valence-corrected chi connectivity index (χ4v) is 2.44. The molecule has 22 heavy (non-hydrogen) atoms. The summed E-state index contributed by atoms with van der Waals surface area (Å²) < 4.78 is 5.23. The fraction of sp³-hybridized carbons (Fsp3) is 0.529. The number of carbonyl (C=O) groups excluding carboxylic acids is 2. The number of amides is 2. The second kappa shape index (κ2) is 7.40. The Morgan fingerprint density at radius 2 is 1.95 bits per heavy atom. The molecule has 0 N–H and O–H groups in total. The van der Waals surface area contributed by atoms with Crippen molar-refractivity contribution in [2.24, 2.45) is 0 Å². The first-order valence-electron chi connectivity index (χ1n) is 7.70. The van der Waals surface area contributed by atoms with Gasteiger partial charge in [0.15, 0.2) is 0 Å². The summed E-state index contributed by atoms with van der Waals surface area (Å²) in [5.74, 6) is 0.219. The van der Waals surface area contributed by atoms with Gasteiger partial charge in [0.25, 0.3) is 5.91 Å². The first-order valence-corrected chi connectivity index (χ1v) is 7.70. The molecule has 0 saturated carbocycles. The van der Waals surface area contributed by atoms with Gasteiger partial charge in [-0.2, -0.15) is 0 Å². The topological polar surface area (TPSA) is 49.9 Å². The molecule has 2 rings (SSSR count). The first-order chi connectivity index (χ1) is 10.5. The molecule has 0 aromatic heterocycles. The summed E-state index contributed by atoms with van der Waals surface area (Å²) in [6.45, 7) is 6.63. The van der Waals surface area contributed by atoms with E-state index in [0.29, 0.717) is 37.8 Å². The quantitative estimate of drug-likeness (QED) is 0.851. The van der Waals surface area contributed by atoms with Crippen LogP contribution in [0.4, 0.5) is 0 Å². The van der Waals surface area contributed by atoms with Gasteiger partial charge in [-0.25, -0.2) is 0 Å². The molecule has 5 nitrogen and oxygen atoms in total. The van der Waals surface area contributed by atoms with Crippen molar-refractivity contribution in [1.82, 2.24) is 9.80 Å². The molecule has 0 atom stereocenters. The van der Waals surface area contributed by atoms with Crippen LogP contribution in [-0.2, 0) is 9.53 Å². The maximum atomic E-state index is 12.5. The molecular formula is C17H24N2O3. The van der Waals surface area contributed by atoms with Crippen molar-refractivity contribution in [3.8, 4) is 0 Å². The van der Waals surface area contributed by atoms with Crippen molar-refractivity contribution in [3.05, 3.63) is 35.4 Å². The van der Waals surface area contributed by atoms with E-state index in [0.717, 1.165) is 5.56 Å². The number of hydrogen-bond acceptors (Lipinski definition) is 3. The second-order valence-electron chi connectivity index (χ2n) is 5.93. The van der Waals surface area contributed by atoms with Gasteiger partial charge in [0.1, 0.15) is 0 Å². The Morgan fingerprint density at radius 3 is 2.59 bits per heavy atom. The summed E-state index contributed by atoms with van der Waals surface area (Å²) in [4.78, 5) is 27.9. The van der Waals surface area contributed by atoms with Crippen LogP contribution in [0.15, 0.2) is 24.3 Å². The third kappa shape index (κ3) is 4.07. The lowest BCUT2D eigenvalue weighted by Gasteiger charge is -2.28. The number of ether oxygens (including phenoxy) is 1. The van der Waals surface area contributed by atoms with E-state index < -0.39 is 0 Å². The zero-order valence-electron chi connectivity index (χ0n) is 13.5. The largest absolute Gasteiger partial charge is 0.378 e. The molecule has 0 spiro atoms. The van der Waals surface area contributed by atoms with Crippen LogP contribution in [0.2, 0.25) is 0 Å². The van der Waals surface area contributed by atoms with Crippen LogP contribution in [0.3, 0.4) is 0 Å². The van der Waals surface area contributed by atoms with Gasteiger partial charge in [-0.3, -0.25) is 9.59 Å². The van der Waals surface area contributed by atoms with Crippen LogP contribution in [0.25, 0.3) is 0 Å². The molecule has 0 aliphatic carbocycles. The summed E-state index contributed by atoms with van der Waals surface area (Å²) >= 11 is 0. The molecule has 1 aliphatic rings. The number of carbonyl (C=O) groups is 2. The van der Waals surface area contributed by atoms with Crippen molar-refractivity contribution in [2.75, 3.05) is 39.9 Å². The molecule has 2 amide bonds. The normalized spacial score (nSPS) is 15.0. The summed E-state index contributed by atoms with van der Waals surface area (Å²) in [6.07, 6.45) is 0. The standard InChI is InChI=1S/C17H24N2O3/c1-13(2)14-5-4-6-15(11-14)17(21)18(3)12-16(20)19-7-9-22-10-8-19/h4-6,11,13H,7-10,12H2,1-3H3. The summed E-state index contributed by atoms with van der Waals surface area (Å²) in [5.41, 5.74) is 1.75. The minimum Gasteiger partial charge on any atom is -0.378 e. The zero-order chi connectivity index (χ0) is 16.1. The maximum absolute atomic E-state index is 12.5. The van der Waals surface area contributed by atoms with Crippen LogP contribution in [0.1, 0.15) is 35.7 Å². The van der Waals surface area contributed by atoms with E-state index in [-0.39, 0.29) is 18.4 Å². The molecule has 1 aromatic rings. The smallest absolute Gasteiger partial charge is 0.254 e. The number of hydrogen-bond donors (Lipinski definition) is 0. The van der Waals surface area contributed by atoms with Crippen LogP contribution in [0.5, 0.6) is 0 Å². The Balaban J connectivity index is 1.99. The highest BCUT2D eigenvalue weighted by Crippen LogP contribution is 2.16. The SMILES string of the molecule is CC(C)c1cccc(C(=O)N(C)CC(=O)N2CCOCC2)c1. The molecule has 5 heteroatoms. The molecule has 0 unspecified atom stereocenters. The van der Waals surface area contributed by atoms with Gasteiger partial charge in [-0.15, -0.1) is 0 Å². The Bertz CT molecular complexity index is 536. The van der Waals surface area contributed by atoms with Gasteiger partial charge in [0.05, 0.1) is 19.8 Å². The fourth-order valence-electron chi connectivity index (χ4n) is 2.44. The van der Waals surface area contributed by atoms with Crippen molar-refractivity contribution in [2.45, 2.75) is 19.8 Å². The molecule has 0 bridgehead atoms. The van der Waals surface area contributed by atoms with Gasteiger partial charge in [-0.1, -0.05) is 26.0 Å². The van der Waals surface area contributed by atoms with Crippen molar-refractivity contribution >= 4 is 11.8 Å². The van der Waals surface area contributed by atoms with E-state index in [1.54, 1.807) is 18.0 Å². The number of rotatable bonds is 4. The van der Waals surface area contributed by atoms with E-state index in [1.807, 2.05) is 18.2 Å². The van der Waals surface area contributed by atoms with Crippen LogP contribution < -0.4 is 0 Å². The molecule has 1 fully saturated rings. The number of likely N-dealkylation sites (N-methyl/N-ethyl adjacent to an activating group) is 1. The van der Waals surface area contributed by atoms with E-state index in [2.05, 4.69) is 13.8 Å². The maximum Gasteiger partial charge on any atom is 0.254 e. The third-order valence-electron chi connectivity index (χ3n) is 3.88. The van der Waals surface area contributed by atoms with Gasteiger partial charge in [0.2, 0.25) is 5.91 Å². The van der Waals surface area contributed by atoms with Crippen molar-refractivity contribution < 1.29 is 14.3 Å². The average molecular weight is 304 g/mol. The summed E-state index contributed by atoms with van der Waals surface area (Å²) in [7, 11) is 1.67. The lowest BCUT2D eigenvalue weighted by molar-refractivity contribution is -0.135. The second-order valence-corrected chi connectivity index (χ2v) is 5.93. The highest BCUT2D eigenvalue weighted by Gasteiger charge is 2.21. The summed E-state index contributed by atoms with van der Waals surface area (Å²) in [5, 5.41) is 0. The number of nitrogens with zero attached hydrogens (tertiary/aromatic N) is 2.